The number of nitrogens with one attached hydrogen (secondary N) is 1. The molecule has 2 saturated heterocycles. The average Bonchev–Trinajstić information content (AvgIpc) is 1.85. The van der Waals surface area contributed by atoms with Crippen LogP contribution in [0.3, 0.4) is 0 Å². The van der Waals surface area contributed by atoms with E-state index in [0.717, 1.165) is 96.1 Å². The van der Waals surface area contributed by atoms with E-state index in [0.29, 0.717) is 78.8 Å². The van der Waals surface area contributed by atoms with E-state index in [1.54, 1.807) is 7.11 Å². The van der Waals surface area contributed by atoms with E-state index >= 15 is 4.79 Å². The molecule has 2 N–H and O–H groups in total. The van der Waals surface area contributed by atoms with Crippen LogP contribution in [0.15, 0.2) is 132 Å². The van der Waals surface area contributed by atoms with E-state index < -0.39 is 12.1 Å². The molecular weight excluding hydrogens is 1130 g/mol. The summed E-state index contributed by atoms with van der Waals surface area (Å²) in [5, 5.41) is 19.0. The second-order valence-corrected chi connectivity index (χ2v) is 24.6. The number of rotatable bonds is 27. The molecule has 3 amide bonds. The summed E-state index contributed by atoms with van der Waals surface area (Å²) < 4.78 is 14.0. The molecular formula is C70H86Cl2N10O5. The highest BCUT2D eigenvalue weighted by Crippen LogP contribution is 2.46. The minimum atomic E-state index is -0.504. The zero-order valence-electron chi connectivity index (χ0n) is 51.2. The van der Waals surface area contributed by atoms with Gasteiger partial charge in [0.2, 0.25) is 5.91 Å². The number of aliphatic hydroxyl groups excluding tert-OH is 1. The molecule has 17 heteroatoms. The second-order valence-electron chi connectivity index (χ2n) is 23.7. The lowest BCUT2D eigenvalue weighted by Crippen LogP contribution is -2.55. The number of aryl methyl sites for hydroxylation is 2. The standard InChI is InChI=1S/C70H86Cl2N10O5/c1-50(2)87-62-47-59(86-4)33-34-60(62)68-75-66(54-25-29-57(71)30-26-54)67(55-27-31-58(72)32-28-55)81(68)70(85)80-42-38-78(39-43-80)49-63(84)73-35-18-13-11-9-7-5-6-8-10-12-15-20-52-21-19-24-56(46-52)65-51(3)76-82-64(79-40-36-77(37-41-79)44-45-83)48-61(74-69(65)82)53-22-16-14-17-23-53/h14,16-17,19,21-34,46-48,50,66-67,83H,5-13,15,18,20,35-45,49H2,1-4H3,(H,73,84)/t66-,67+/m0/s1. The fraction of sp³-hybridized carbons (Fsp3) is 0.443. The Morgan fingerprint density at radius 1 is 0.690 bits per heavy atom. The molecule has 0 bridgehead atoms. The predicted octanol–water partition coefficient (Wildman–Crippen LogP) is 13.5. The van der Waals surface area contributed by atoms with Crippen LogP contribution in [-0.2, 0) is 11.2 Å². The lowest BCUT2D eigenvalue weighted by molar-refractivity contribution is -0.122. The first-order valence-corrected chi connectivity index (χ1v) is 32.3. The molecule has 0 spiro atoms. The summed E-state index contributed by atoms with van der Waals surface area (Å²) in [6, 6.07) is 41.4. The summed E-state index contributed by atoms with van der Waals surface area (Å²) >= 11 is 12.8. The van der Waals surface area contributed by atoms with Gasteiger partial charge in [0.25, 0.3) is 0 Å². The zero-order valence-corrected chi connectivity index (χ0v) is 52.7. The number of halogens is 2. The maximum atomic E-state index is 15.1. The monoisotopic (exact) mass is 1220 g/mol. The van der Waals surface area contributed by atoms with Crippen molar-refractivity contribution in [2.24, 2.45) is 4.99 Å². The molecule has 2 atom stereocenters. The third kappa shape index (κ3) is 16.2. The van der Waals surface area contributed by atoms with Gasteiger partial charge in [0.05, 0.1) is 49.4 Å². The molecule has 10 rings (SSSR count). The number of hydrogen-bond acceptors (Lipinski definition) is 11. The van der Waals surface area contributed by atoms with Gasteiger partial charge >= 0.3 is 6.03 Å². The quantitative estimate of drug-likeness (QED) is 0.0478. The van der Waals surface area contributed by atoms with Crippen molar-refractivity contribution >= 4 is 52.4 Å². The highest BCUT2D eigenvalue weighted by molar-refractivity contribution is 6.30. The van der Waals surface area contributed by atoms with Crippen LogP contribution in [0.5, 0.6) is 11.5 Å². The van der Waals surface area contributed by atoms with Crippen LogP contribution in [0.4, 0.5) is 10.6 Å². The van der Waals surface area contributed by atoms with Crippen molar-refractivity contribution in [1.29, 1.82) is 0 Å². The number of benzene rings is 5. The molecule has 3 aliphatic heterocycles. The number of amides is 3. The fourth-order valence-electron chi connectivity index (χ4n) is 12.5. The lowest BCUT2D eigenvalue weighted by atomic mass is 9.93. The number of carbonyl (C=O) groups is 2. The molecule has 7 aromatic rings. The summed E-state index contributed by atoms with van der Waals surface area (Å²) in [5.74, 6) is 2.78. The summed E-state index contributed by atoms with van der Waals surface area (Å²) in [5.41, 5.74) is 9.99. The first-order valence-electron chi connectivity index (χ1n) is 31.6. The van der Waals surface area contributed by atoms with Gasteiger partial charge in [0, 0.05) is 98.8 Å². The first-order chi connectivity index (χ1) is 42.4. The SMILES string of the molecule is COc1ccc(C2=N[C@@H](c3ccc(Cl)cc3)[C@@H](c3ccc(Cl)cc3)N2C(=O)N2CCN(CC(=O)NCCCCCCCCCCCCCc3cccc(-c4c(C)nn5c(N6CCN(CCO)CC6)cc(-c6ccccc6)nc45)c3)CC2)c(OC(C)C)c1. The molecule has 0 aliphatic carbocycles. The normalized spacial score (nSPS) is 16.7. The van der Waals surface area contributed by atoms with Crippen molar-refractivity contribution < 1.29 is 24.2 Å². The molecule has 0 saturated carbocycles. The van der Waals surface area contributed by atoms with Crippen molar-refractivity contribution in [1.82, 2.24) is 39.5 Å². The van der Waals surface area contributed by atoms with Gasteiger partial charge in [-0.3, -0.25) is 24.5 Å². The summed E-state index contributed by atoms with van der Waals surface area (Å²) in [4.78, 5) is 49.5. The number of aliphatic imine (C=N–C) groups is 1. The molecule has 460 valence electrons. The van der Waals surface area contributed by atoms with E-state index in [2.05, 4.69) is 86.1 Å². The first kappa shape index (κ1) is 63.0. The van der Waals surface area contributed by atoms with E-state index in [4.69, 9.17) is 47.8 Å². The molecule has 2 aromatic heterocycles. The largest absolute Gasteiger partial charge is 0.497 e. The Morgan fingerprint density at radius 3 is 1.98 bits per heavy atom. The maximum Gasteiger partial charge on any atom is 0.326 e. The van der Waals surface area contributed by atoms with Crippen LogP contribution in [0.25, 0.3) is 28.0 Å². The van der Waals surface area contributed by atoms with Crippen LogP contribution in [0.1, 0.15) is 125 Å². The zero-order chi connectivity index (χ0) is 60.7. The highest BCUT2D eigenvalue weighted by atomic mass is 35.5. The Labute approximate surface area is 524 Å². The number of piperazine rings is 2. The highest BCUT2D eigenvalue weighted by Gasteiger charge is 2.45. The number of ether oxygens (including phenoxy) is 2. The van der Waals surface area contributed by atoms with Gasteiger partial charge in [-0.2, -0.15) is 9.61 Å². The van der Waals surface area contributed by atoms with Crippen LogP contribution in [0, 0.1) is 6.92 Å². The van der Waals surface area contributed by atoms with Crippen LogP contribution in [-0.4, -0.2) is 149 Å². The number of fused-ring (bicyclic) bond motifs is 1. The lowest BCUT2D eigenvalue weighted by Gasteiger charge is -2.39. The Morgan fingerprint density at radius 2 is 1.32 bits per heavy atom. The third-order valence-electron chi connectivity index (χ3n) is 17.1. The van der Waals surface area contributed by atoms with Crippen molar-refractivity contribution in [2.45, 2.75) is 116 Å². The molecule has 15 nitrogen and oxygen atoms in total. The maximum absolute atomic E-state index is 15.1. The number of aromatic nitrogens is 3. The Balaban J connectivity index is 0.630. The predicted molar refractivity (Wildman–Crippen MR) is 351 cm³/mol. The van der Waals surface area contributed by atoms with E-state index in [1.165, 1.54) is 63.4 Å². The number of anilines is 1. The Kier molecular flexibility index (Phi) is 22.3. The minimum absolute atomic E-state index is 0.0209. The molecule has 87 heavy (non-hydrogen) atoms. The van der Waals surface area contributed by atoms with Crippen molar-refractivity contribution in [3.8, 4) is 33.9 Å². The van der Waals surface area contributed by atoms with E-state index in [9.17, 15) is 9.90 Å². The number of hydrogen-bond donors (Lipinski definition) is 2. The smallest absolute Gasteiger partial charge is 0.326 e. The number of urea groups is 1. The summed E-state index contributed by atoms with van der Waals surface area (Å²) in [6.07, 6.45) is 14.1. The molecule has 5 aromatic carbocycles. The van der Waals surface area contributed by atoms with Crippen LogP contribution in [0.2, 0.25) is 10.0 Å². The number of methoxy groups -OCH3 is 1. The van der Waals surface area contributed by atoms with Crippen molar-refractivity contribution in [3.05, 3.63) is 165 Å². The minimum Gasteiger partial charge on any atom is -0.497 e. The van der Waals surface area contributed by atoms with Crippen molar-refractivity contribution in [3.63, 3.8) is 0 Å². The molecule has 0 radical (unpaired) electrons. The molecule has 2 fully saturated rings. The third-order valence-corrected chi connectivity index (χ3v) is 17.6. The van der Waals surface area contributed by atoms with Gasteiger partial charge < -0.3 is 29.7 Å². The van der Waals surface area contributed by atoms with Gasteiger partial charge in [0.15, 0.2) is 5.65 Å². The van der Waals surface area contributed by atoms with Gasteiger partial charge in [-0.25, -0.2) is 9.78 Å². The number of β-amino-alcohol motifs (C(OH)–C–C–N with tert-alkyl or cyclic N) is 1. The van der Waals surface area contributed by atoms with Crippen molar-refractivity contribution in [2.75, 3.05) is 90.6 Å². The Bertz CT molecular complexity index is 3400. The van der Waals surface area contributed by atoms with Gasteiger partial charge in [-0.15, -0.1) is 0 Å². The molecule has 5 heterocycles. The van der Waals surface area contributed by atoms with Gasteiger partial charge in [-0.1, -0.05) is 160 Å². The fourth-order valence-corrected chi connectivity index (χ4v) is 12.7. The molecule has 0 unspecified atom stereocenters. The average molecular weight is 1220 g/mol. The van der Waals surface area contributed by atoms with Crippen LogP contribution < -0.4 is 19.7 Å². The summed E-state index contributed by atoms with van der Waals surface area (Å²) in [7, 11) is 1.62. The van der Waals surface area contributed by atoms with Gasteiger partial charge in [-0.05, 0) is 98.7 Å². The number of unbranched alkanes of at least 4 members (excludes halogenated alkanes) is 10. The number of amidine groups is 1. The summed E-state index contributed by atoms with van der Waals surface area (Å²) in [6.45, 7) is 13.5. The van der Waals surface area contributed by atoms with E-state index in [-0.39, 0.29) is 24.6 Å². The number of aliphatic hydroxyl groups is 1. The topological polar surface area (TPSA) is 144 Å². The van der Waals surface area contributed by atoms with Crippen LogP contribution >= 0.6 is 23.2 Å². The van der Waals surface area contributed by atoms with Gasteiger partial charge in [0.1, 0.15) is 29.2 Å². The van der Waals surface area contributed by atoms with E-state index in [1.807, 2.05) is 96.4 Å². The number of nitrogens with zero attached hydrogens (tertiary/aromatic N) is 9. The molecule has 3 aliphatic rings. The second kappa shape index (κ2) is 30.8. The number of carbonyl (C=O) groups excluding carboxylic acids is 2. The Hall–Kier alpha value is -7.01.